The molecule has 0 radical (unpaired) electrons. The summed E-state index contributed by atoms with van der Waals surface area (Å²) in [4.78, 5) is 16.9. The molecule has 1 aromatic carbocycles. The predicted octanol–water partition coefficient (Wildman–Crippen LogP) is 1.97. The van der Waals surface area contributed by atoms with Crippen LogP contribution in [0.1, 0.15) is 34.1 Å². The fourth-order valence-corrected chi connectivity index (χ4v) is 2.78. The summed E-state index contributed by atoms with van der Waals surface area (Å²) in [5.41, 5.74) is 1.46. The Morgan fingerprint density at radius 3 is 2.77 bits per heavy atom. The molecule has 6 heteroatoms. The molecule has 0 saturated carbocycles. The number of rotatable bonds is 2. The lowest BCUT2D eigenvalue weighted by atomic mass is 10.0. The summed E-state index contributed by atoms with van der Waals surface area (Å²) in [6, 6.07) is 9.04. The summed E-state index contributed by atoms with van der Waals surface area (Å²) in [6.45, 7) is 0.210. The van der Waals surface area contributed by atoms with E-state index in [-0.39, 0.29) is 24.3 Å². The molecule has 0 bridgehead atoms. The van der Waals surface area contributed by atoms with Crippen LogP contribution >= 0.6 is 0 Å². The zero-order chi connectivity index (χ0) is 15.7. The van der Waals surface area contributed by atoms with Gasteiger partial charge in [-0.15, -0.1) is 0 Å². The van der Waals surface area contributed by atoms with E-state index in [1.165, 1.54) is 24.4 Å². The number of aliphatic hydroxyl groups excluding tert-OH is 1. The summed E-state index contributed by atoms with van der Waals surface area (Å²) in [5.74, 6) is -0.629. The zero-order valence-electron chi connectivity index (χ0n) is 11.7. The van der Waals surface area contributed by atoms with Gasteiger partial charge in [0, 0.05) is 12.7 Å². The van der Waals surface area contributed by atoms with Crippen LogP contribution < -0.4 is 0 Å². The van der Waals surface area contributed by atoms with Crippen LogP contribution in [0.15, 0.2) is 36.5 Å². The van der Waals surface area contributed by atoms with Gasteiger partial charge in [-0.1, -0.05) is 12.1 Å². The van der Waals surface area contributed by atoms with Gasteiger partial charge in [0.25, 0.3) is 5.91 Å². The second-order valence-electron chi connectivity index (χ2n) is 5.33. The molecule has 0 unspecified atom stereocenters. The number of aromatic amines is 1. The molecule has 2 N–H and O–H groups in total. The Bertz CT molecular complexity index is 733. The van der Waals surface area contributed by atoms with E-state index in [0.717, 1.165) is 5.56 Å². The molecule has 0 spiro atoms. The van der Waals surface area contributed by atoms with Crippen LogP contribution in [0.2, 0.25) is 0 Å². The first kappa shape index (κ1) is 14.3. The lowest BCUT2D eigenvalue weighted by Gasteiger charge is -2.24. The van der Waals surface area contributed by atoms with Crippen LogP contribution in [0.4, 0.5) is 4.39 Å². The maximum atomic E-state index is 13.0. The summed E-state index contributed by atoms with van der Waals surface area (Å²) in [7, 11) is 0. The van der Waals surface area contributed by atoms with Crippen LogP contribution in [-0.2, 0) is 0 Å². The van der Waals surface area contributed by atoms with E-state index in [1.54, 1.807) is 17.0 Å². The lowest BCUT2D eigenvalue weighted by molar-refractivity contribution is 0.0710. The van der Waals surface area contributed by atoms with Gasteiger partial charge in [-0.3, -0.25) is 4.79 Å². The molecule has 0 aliphatic carbocycles. The number of aliphatic hydroxyl groups is 1. The summed E-state index contributed by atoms with van der Waals surface area (Å²) in [5, 5.41) is 18.7. The second-order valence-corrected chi connectivity index (χ2v) is 5.33. The van der Waals surface area contributed by atoms with Crippen LogP contribution in [0, 0.1) is 17.1 Å². The average Bonchev–Trinajstić information content (AvgIpc) is 3.14. The third kappa shape index (κ3) is 2.59. The van der Waals surface area contributed by atoms with Gasteiger partial charge >= 0.3 is 0 Å². The number of β-amino-alcohol motifs (C(OH)–C–C–N with tert-alkyl or cyclic N) is 1. The zero-order valence-corrected chi connectivity index (χ0v) is 11.7. The topological polar surface area (TPSA) is 80.1 Å². The monoisotopic (exact) mass is 299 g/mol. The molecule has 112 valence electrons. The van der Waals surface area contributed by atoms with Crippen molar-refractivity contribution in [2.24, 2.45) is 0 Å². The second kappa shape index (κ2) is 5.62. The number of benzene rings is 1. The van der Waals surface area contributed by atoms with Gasteiger partial charge in [0.05, 0.1) is 17.7 Å². The molecule has 2 aromatic rings. The van der Waals surface area contributed by atoms with E-state index in [9.17, 15) is 14.3 Å². The van der Waals surface area contributed by atoms with E-state index in [0.29, 0.717) is 17.7 Å². The third-order valence-electron chi connectivity index (χ3n) is 3.84. The number of nitrogens with zero attached hydrogens (tertiary/aromatic N) is 2. The molecular weight excluding hydrogens is 285 g/mol. The number of carbonyl (C=O) groups excluding carboxylic acids is 1. The SMILES string of the molecule is N#Cc1c[nH]c(C(=O)N2C[C@H](O)C[C@@H]2c2ccc(F)cc2)c1. The van der Waals surface area contributed by atoms with Crippen molar-refractivity contribution in [1.82, 2.24) is 9.88 Å². The highest BCUT2D eigenvalue weighted by Gasteiger charge is 2.36. The van der Waals surface area contributed by atoms with Crippen molar-refractivity contribution in [2.75, 3.05) is 6.54 Å². The summed E-state index contributed by atoms with van der Waals surface area (Å²) >= 11 is 0. The number of nitrogens with one attached hydrogen (secondary N) is 1. The van der Waals surface area contributed by atoms with Gasteiger partial charge in [0.1, 0.15) is 17.6 Å². The van der Waals surface area contributed by atoms with Gasteiger partial charge in [-0.2, -0.15) is 5.26 Å². The molecule has 2 heterocycles. The standard InChI is InChI=1S/C16H14FN3O2/c17-12-3-1-11(2-4-12)15-6-13(21)9-20(15)16(22)14-5-10(7-18)8-19-14/h1-5,8,13,15,19,21H,6,9H2/t13-,15-/m1/s1. The Hall–Kier alpha value is -2.65. The van der Waals surface area contributed by atoms with Gasteiger partial charge in [0.15, 0.2) is 0 Å². The number of hydrogen-bond acceptors (Lipinski definition) is 3. The van der Waals surface area contributed by atoms with Crippen molar-refractivity contribution in [3.8, 4) is 6.07 Å². The number of H-pyrrole nitrogens is 1. The first-order valence-corrected chi connectivity index (χ1v) is 6.91. The summed E-state index contributed by atoms with van der Waals surface area (Å²) in [6.07, 6.45) is 1.25. The minimum Gasteiger partial charge on any atom is -0.391 e. The van der Waals surface area contributed by atoms with Gasteiger partial charge in [0.2, 0.25) is 0 Å². The Morgan fingerprint density at radius 1 is 1.41 bits per heavy atom. The minimum absolute atomic E-state index is 0.210. The first-order chi connectivity index (χ1) is 10.6. The van der Waals surface area contributed by atoms with E-state index in [2.05, 4.69) is 4.98 Å². The maximum Gasteiger partial charge on any atom is 0.270 e. The molecule has 5 nitrogen and oxygen atoms in total. The molecule has 1 saturated heterocycles. The Labute approximate surface area is 126 Å². The Kier molecular flexibility index (Phi) is 3.65. The molecule has 2 atom stereocenters. The van der Waals surface area contributed by atoms with E-state index < -0.39 is 6.10 Å². The molecular formula is C16H14FN3O2. The van der Waals surface area contributed by atoms with Crippen molar-refractivity contribution in [3.05, 3.63) is 59.2 Å². The fourth-order valence-electron chi connectivity index (χ4n) is 2.78. The van der Waals surface area contributed by atoms with Crippen molar-refractivity contribution >= 4 is 5.91 Å². The normalized spacial score (nSPS) is 20.9. The molecule has 22 heavy (non-hydrogen) atoms. The number of halogens is 1. The number of hydrogen-bond donors (Lipinski definition) is 2. The van der Waals surface area contributed by atoms with Crippen molar-refractivity contribution < 1.29 is 14.3 Å². The van der Waals surface area contributed by atoms with Crippen molar-refractivity contribution in [3.63, 3.8) is 0 Å². The van der Waals surface area contributed by atoms with Crippen LogP contribution in [0.5, 0.6) is 0 Å². The minimum atomic E-state index is -0.621. The highest BCUT2D eigenvalue weighted by molar-refractivity contribution is 5.93. The predicted molar refractivity (Wildman–Crippen MR) is 76.3 cm³/mol. The smallest absolute Gasteiger partial charge is 0.270 e. The third-order valence-corrected chi connectivity index (χ3v) is 3.84. The van der Waals surface area contributed by atoms with Crippen molar-refractivity contribution in [2.45, 2.75) is 18.6 Å². The Balaban J connectivity index is 1.88. The van der Waals surface area contributed by atoms with E-state index in [4.69, 9.17) is 5.26 Å². The van der Waals surface area contributed by atoms with Crippen LogP contribution in [0.3, 0.4) is 0 Å². The lowest BCUT2D eigenvalue weighted by Crippen LogP contribution is -2.32. The highest BCUT2D eigenvalue weighted by Crippen LogP contribution is 2.33. The van der Waals surface area contributed by atoms with E-state index in [1.807, 2.05) is 6.07 Å². The molecule has 1 amide bonds. The number of likely N-dealkylation sites (tertiary alicyclic amines) is 1. The largest absolute Gasteiger partial charge is 0.391 e. The summed E-state index contributed by atoms with van der Waals surface area (Å²) < 4.78 is 13.0. The number of carbonyl (C=O) groups is 1. The Morgan fingerprint density at radius 2 is 2.14 bits per heavy atom. The molecule has 3 rings (SSSR count). The van der Waals surface area contributed by atoms with Gasteiger partial charge in [-0.25, -0.2) is 4.39 Å². The number of amides is 1. The average molecular weight is 299 g/mol. The maximum absolute atomic E-state index is 13.0. The molecule has 1 aliphatic heterocycles. The molecule has 1 aliphatic rings. The van der Waals surface area contributed by atoms with Crippen LogP contribution in [0.25, 0.3) is 0 Å². The number of aromatic nitrogens is 1. The van der Waals surface area contributed by atoms with Gasteiger partial charge < -0.3 is 15.0 Å². The highest BCUT2D eigenvalue weighted by atomic mass is 19.1. The first-order valence-electron chi connectivity index (χ1n) is 6.91. The quantitative estimate of drug-likeness (QED) is 0.889. The van der Waals surface area contributed by atoms with Crippen LogP contribution in [-0.4, -0.2) is 33.5 Å². The van der Waals surface area contributed by atoms with Crippen molar-refractivity contribution in [1.29, 1.82) is 5.26 Å². The van der Waals surface area contributed by atoms with Gasteiger partial charge in [-0.05, 0) is 30.2 Å². The molecule has 1 aromatic heterocycles. The molecule has 1 fully saturated rings. The van der Waals surface area contributed by atoms with E-state index >= 15 is 0 Å². The number of nitriles is 1. The fraction of sp³-hybridized carbons (Fsp3) is 0.250.